The van der Waals surface area contributed by atoms with Crippen LogP contribution in [0.15, 0.2) is 72.8 Å². The Morgan fingerprint density at radius 2 is 1.50 bits per heavy atom. The van der Waals surface area contributed by atoms with Crippen LogP contribution in [-0.2, 0) is 18.7 Å². The van der Waals surface area contributed by atoms with E-state index in [1.807, 2.05) is 6.92 Å². The van der Waals surface area contributed by atoms with Crippen LogP contribution >= 0.6 is 0 Å². The molecule has 0 saturated carbocycles. The lowest BCUT2D eigenvalue weighted by Gasteiger charge is -2.44. The molecule has 0 aromatic heterocycles. The lowest BCUT2D eigenvalue weighted by molar-refractivity contribution is -0.104. The van der Waals surface area contributed by atoms with Crippen molar-refractivity contribution in [3.63, 3.8) is 0 Å². The predicted molar refractivity (Wildman–Crippen MR) is 134 cm³/mol. The van der Waals surface area contributed by atoms with Gasteiger partial charge < -0.3 is 13.9 Å². The largest absolute Gasteiger partial charge is 0.405 e. The van der Waals surface area contributed by atoms with E-state index in [2.05, 4.69) is 88.4 Å². The maximum Gasteiger partial charge on any atom is 0.261 e. The van der Waals surface area contributed by atoms with Crippen LogP contribution in [0, 0.1) is 0 Å². The molecule has 4 nitrogen and oxygen atoms in total. The maximum absolute atomic E-state index is 10.8. The predicted octanol–water partition coefficient (Wildman–Crippen LogP) is 4.87. The van der Waals surface area contributed by atoms with Crippen LogP contribution < -0.4 is 10.4 Å². The number of benzene rings is 2. The molecule has 2 aromatic carbocycles. The molecular formula is C27H38O4Si. The number of carbonyl (C=O) groups is 1. The lowest BCUT2D eigenvalue weighted by Crippen LogP contribution is -2.67. The summed E-state index contributed by atoms with van der Waals surface area (Å²) in [4.78, 5) is 10.8. The van der Waals surface area contributed by atoms with Gasteiger partial charge in [0.2, 0.25) is 0 Å². The third kappa shape index (κ3) is 6.97. The van der Waals surface area contributed by atoms with Gasteiger partial charge in [-0.15, -0.1) is 0 Å². The third-order valence-corrected chi connectivity index (χ3v) is 10.8. The summed E-state index contributed by atoms with van der Waals surface area (Å²) in [6.07, 6.45) is 5.45. The highest BCUT2D eigenvalue weighted by atomic mass is 28.4. The van der Waals surface area contributed by atoms with E-state index in [9.17, 15) is 4.79 Å². The van der Waals surface area contributed by atoms with Crippen molar-refractivity contribution < 1.29 is 18.7 Å². The van der Waals surface area contributed by atoms with Crippen molar-refractivity contribution in [2.45, 2.75) is 64.7 Å². The third-order valence-electron chi connectivity index (χ3n) is 5.63. The second kappa shape index (κ2) is 12.8. The van der Waals surface area contributed by atoms with Crippen molar-refractivity contribution in [1.29, 1.82) is 0 Å². The van der Waals surface area contributed by atoms with Crippen LogP contribution in [0.2, 0.25) is 5.04 Å². The molecule has 0 aliphatic heterocycles. The summed E-state index contributed by atoms with van der Waals surface area (Å²) in [5.41, 5.74) is 0. The zero-order chi connectivity index (χ0) is 23.5. The summed E-state index contributed by atoms with van der Waals surface area (Å²) in [5, 5.41) is 2.48. The fourth-order valence-electron chi connectivity index (χ4n) is 4.07. The molecule has 5 heteroatoms. The van der Waals surface area contributed by atoms with E-state index in [-0.39, 0.29) is 24.0 Å². The average molecular weight is 455 g/mol. The SMILES string of the molecule is CCOCO[C@@H](/C=C/C=O)CC[C@@H](C)O[Si](c1ccccc1)(c1ccccc1)C(C)(C)C. The van der Waals surface area contributed by atoms with Gasteiger partial charge in [-0.2, -0.15) is 0 Å². The number of aldehydes is 1. The molecule has 0 saturated heterocycles. The van der Waals surface area contributed by atoms with Gasteiger partial charge in [-0.25, -0.2) is 0 Å². The van der Waals surface area contributed by atoms with Crippen molar-refractivity contribution in [2.24, 2.45) is 0 Å². The Hall–Kier alpha value is -2.05. The molecule has 0 bridgehead atoms. The van der Waals surface area contributed by atoms with Gasteiger partial charge in [0.15, 0.2) is 0 Å². The van der Waals surface area contributed by atoms with Crippen molar-refractivity contribution in [3.05, 3.63) is 72.8 Å². The number of carbonyl (C=O) groups excluding carboxylic acids is 1. The first-order valence-electron chi connectivity index (χ1n) is 11.4. The highest BCUT2D eigenvalue weighted by Crippen LogP contribution is 2.38. The zero-order valence-corrected chi connectivity index (χ0v) is 21.1. The van der Waals surface area contributed by atoms with E-state index in [0.29, 0.717) is 6.61 Å². The highest BCUT2D eigenvalue weighted by molar-refractivity contribution is 6.99. The molecule has 0 heterocycles. The van der Waals surface area contributed by atoms with Gasteiger partial charge in [-0.3, -0.25) is 4.79 Å². The van der Waals surface area contributed by atoms with Crippen LogP contribution in [0.1, 0.15) is 47.5 Å². The minimum Gasteiger partial charge on any atom is -0.405 e. The Morgan fingerprint density at radius 1 is 0.938 bits per heavy atom. The van der Waals surface area contributed by atoms with Crippen molar-refractivity contribution in [2.75, 3.05) is 13.4 Å². The monoisotopic (exact) mass is 454 g/mol. The molecule has 2 atom stereocenters. The second-order valence-corrected chi connectivity index (χ2v) is 13.3. The quantitative estimate of drug-likeness (QED) is 0.142. The standard InChI is InChI=1S/C27H38O4Si/c1-6-29-22-30-24(14-13-21-28)20-19-23(2)31-32(27(3,4)5,25-15-9-7-10-16-25)26-17-11-8-12-18-26/h7-18,21,23-24H,6,19-20,22H2,1-5H3/b14-13+/t23-,24+/m1/s1. The van der Waals surface area contributed by atoms with Crippen LogP contribution in [0.25, 0.3) is 0 Å². The molecule has 0 radical (unpaired) electrons. The van der Waals surface area contributed by atoms with E-state index in [4.69, 9.17) is 13.9 Å². The summed E-state index contributed by atoms with van der Waals surface area (Å²) in [5.74, 6) is 0. The second-order valence-electron chi connectivity index (χ2n) is 9.01. The first-order chi connectivity index (χ1) is 15.3. The minimum absolute atomic E-state index is 0.0177. The number of allylic oxidation sites excluding steroid dienone is 1. The summed E-state index contributed by atoms with van der Waals surface area (Å²) >= 11 is 0. The molecule has 0 spiro atoms. The first kappa shape index (κ1) is 26.2. The minimum atomic E-state index is -2.58. The van der Waals surface area contributed by atoms with E-state index in [1.54, 1.807) is 6.08 Å². The Morgan fingerprint density at radius 3 is 1.97 bits per heavy atom. The van der Waals surface area contributed by atoms with Crippen molar-refractivity contribution in [1.82, 2.24) is 0 Å². The number of ether oxygens (including phenoxy) is 2. The maximum atomic E-state index is 10.8. The molecule has 0 aliphatic rings. The van der Waals surface area contributed by atoms with Gasteiger partial charge in [0.05, 0.1) is 6.10 Å². The van der Waals surface area contributed by atoms with Gasteiger partial charge in [0.25, 0.3) is 8.32 Å². The molecule has 32 heavy (non-hydrogen) atoms. The van der Waals surface area contributed by atoms with Crippen LogP contribution in [0.3, 0.4) is 0 Å². The first-order valence-corrected chi connectivity index (χ1v) is 13.4. The van der Waals surface area contributed by atoms with E-state index >= 15 is 0 Å². The summed E-state index contributed by atoms with van der Waals surface area (Å²) in [6.45, 7) is 11.7. The Balaban J connectivity index is 2.29. The fourth-order valence-corrected chi connectivity index (χ4v) is 8.81. The van der Waals surface area contributed by atoms with Gasteiger partial charge in [-0.1, -0.05) is 87.5 Å². The number of rotatable bonds is 13. The molecule has 174 valence electrons. The number of hydrogen-bond acceptors (Lipinski definition) is 4. The van der Waals surface area contributed by atoms with Gasteiger partial charge in [0, 0.05) is 12.7 Å². The van der Waals surface area contributed by atoms with Gasteiger partial charge >= 0.3 is 0 Å². The van der Waals surface area contributed by atoms with Gasteiger partial charge in [0.1, 0.15) is 13.1 Å². The average Bonchev–Trinajstić information content (AvgIpc) is 2.79. The van der Waals surface area contributed by atoms with Crippen molar-refractivity contribution in [3.8, 4) is 0 Å². The lowest BCUT2D eigenvalue weighted by atomic mass is 10.1. The fraction of sp³-hybridized carbons (Fsp3) is 0.444. The Bertz CT molecular complexity index is 775. The smallest absolute Gasteiger partial charge is 0.261 e. The van der Waals surface area contributed by atoms with Crippen LogP contribution in [0.4, 0.5) is 0 Å². The molecule has 0 fully saturated rings. The molecule has 2 aromatic rings. The Labute approximate surface area is 194 Å². The molecule has 0 aliphatic carbocycles. The van der Waals surface area contributed by atoms with Gasteiger partial charge in [-0.05, 0) is 48.2 Å². The molecular weight excluding hydrogens is 416 g/mol. The molecule has 0 N–H and O–H groups in total. The number of hydrogen-bond donors (Lipinski definition) is 0. The van der Waals surface area contributed by atoms with Crippen LogP contribution in [0.5, 0.6) is 0 Å². The van der Waals surface area contributed by atoms with E-state index in [1.165, 1.54) is 16.4 Å². The Kier molecular flexibility index (Phi) is 10.5. The van der Waals surface area contributed by atoms with E-state index < -0.39 is 8.32 Å². The van der Waals surface area contributed by atoms with E-state index in [0.717, 1.165) is 19.1 Å². The molecule has 2 rings (SSSR count). The van der Waals surface area contributed by atoms with Crippen molar-refractivity contribution >= 4 is 25.0 Å². The topological polar surface area (TPSA) is 44.8 Å². The van der Waals surface area contributed by atoms with Crippen LogP contribution in [-0.4, -0.2) is 40.2 Å². The summed E-state index contributed by atoms with van der Waals surface area (Å²) < 4.78 is 18.2. The highest BCUT2D eigenvalue weighted by Gasteiger charge is 2.50. The normalized spacial score (nSPS) is 14.4. The summed E-state index contributed by atoms with van der Waals surface area (Å²) in [7, 11) is -2.58. The molecule has 0 amide bonds. The summed E-state index contributed by atoms with van der Waals surface area (Å²) in [6, 6.07) is 21.3. The molecule has 0 unspecified atom stereocenters. The zero-order valence-electron chi connectivity index (χ0n) is 20.1.